The number of hydrogen-bond donors (Lipinski definition) is 1. The molecule has 0 aliphatic heterocycles. The molecule has 1 aliphatic rings. The molecule has 2 rings (SSSR count). The Labute approximate surface area is 91.4 Å². The fourth-order valence-corrected chi connectivity index (χ4v) is 2.10. The Bertz CT molecular complexity index is 291. The average molecular weight is 205 g/mol. The van der Waals surface area contributed by atoms with Crippen LogP contribution in [0.25, 0.3) is 0 Å². The van der Waals surface area contributed by atoms with Gasteiger partial charge in [-0.3, -0.25) is 0 Å². The summed E-state index contributed by atoms with van der Waals surface area (Å²) < 4.78 is 5.83. The predicted octanol–water partition coefficient (Wildman–Crippen LogP) is 2.82. The zero-order valence-corrected chi connectivity index (χ0v) is 9.11. The summed E-state index contributed by atoms with van der Waals surface area (Å²) in [4.78, 5) is 0. The van der Waals surface area contributed by atoms with Crippen LogP contribution in [0.15, 0.2) is 30.3 Å². The monoisotopic (exact) mass is 205 g/mol. The van der Waals surface area contributed by atoms with Crippen molar-refractivity contribution in [2.24, 2.45) is 5.73 Å². The van der Waals surface area contributed by atoms with E-state index in [1.807, 2.05) is 18.2 Å². The van der Waals surface area contributed by atoms with Gasteiger partial charge in [0.2, 0.25) is 0 Å². The maximum absolute atomic E-state index is 6.18. The van der Waals surface area contributed by atoms with Crippen LogP contribution >= 0.6 is 0 Å². The third-order valence-corrected chi connectivity index (χ3v) is 3.07. The lowest BCUT2D eigenvalue weighted by Gasteiger charge is -2.33. The van der Waals surface area contributed by atoms with Gasteiger partial charge in [0.1, 0.15) is 5.72 Å². The largest absolute Gasteiger partial charge is 0.356 e. The van der Waals surface area contributed by atoms with Crippen molar-refractivity contribution in [3.05, 3.63) is 35.9 Å². The molecular weight excluding hydrogens is 186 g/mol. The summed E-state index contributed by atoms with van der Waals surface area (Å²) in [5.74, 6) is 0. The van der Waals surface area contributed by atoms with Crippen molar-refractivity contribution >= 4 is 0 Å². The first-order valence-corrected chi connectivity index (χ1v) is 5.75. The van der Waals surface area contributed by atoms with Crippen molar-refractivity contribution < 1.29 is 4.74 Å². The van der Waals surface area contributed by atoms with Gasteiger partial charge in [-0.25, -0.2) is 0 Å². The minimum atomic E-state index is -0.367. The predicted molar refractivity (Wildman–Crippen MR) is 61.2 cm³/mol. The van der Waals surface area contributed by atoms with Crippen LogP contribution in [0.2, 0.25) is 0 Å². The molecule has 0 aromatic heterocycles. The fraction of sp³-hybridized carbons (Fsp3) is 0.538. The fourth-order valence-electron chi connectivity index (χ4n) is 2.10. The third kappa shape index (κ3) is 3.05. The van der Waals surface area contributed by atoms with E-state index in [9.17, 15) is 0 Å². The molecular formula is C13H19NO. The maximum atomic E-state index is 6.18. The quantitative estimate of drug-likeness (QED) is 0.770. The molecule has 1 saturated carbocycles. The molecule has 0 bridgehead atoms. The topological polar surface area (TPSA) is 35.2 Å². The van der Waals surface area contributed by atoms with Gasteiger partial charge < -0.3 is 10.5 Å². The molecule has 1 aliphatic carbocycles. The molecule has 0 unspecified atom stereocenters. The molecule has 0 spiro atoms. The first-order chi connectivity index (χ1) is 7.29. The highest BCUT2D eigenvalue weighted by molar-refractivity contribution is 5.13. The summed E-state index contributed by atoms with van der Waals surface area (Å²) in [6, 6.07) is 10.2. The number of nitrogens with two attached hydrogens (primary N) is 1. The Balaban J connectivity index is 1.87. The zero-order chi connectivity index (χ0) is 10.6. The molecule has 0 amide bonds. The van der Waals surface area contributed by atoms with Crippen LogP contribution in [0.4, 0.5) is 0 Å². The van der Waals surface area contributed by atoms with Crippen LogP contribution < -0.4 is 5.73 Å². The van der Waals surface area contributed by atoms with Crippen LogP contribution in [0, 0.1) is 0 Å². The Morgan fingerprint density at radius 2 is 1.73 bits per heavy atom. The number of hydrogen-bond acceptors (Lipinski definition) is 2. The molecule has 2 heteroatoms. The summed E-state index contributed by atoms with van der Waals surface area (Å²) in [5, 5.41) is 0. The third-order valence-electron chi connectivity index (χ3n) is 3.07. The van der Waals surface area contributed by atoms with E-state index in [1.54, 1.807) is 0 Å². The SMILES string of the molecule is NC1(OCc2ccccc2)CCCCC1. The average Bonchev–Trinajstić information content (AvgIpc) is 2.29. The molecule has 0 heterocycles. The van der Waals surface area contributed by atoms with E-state index in [4.69, 9.17) is 10.5 Å². The van der Waals surface area contributed by atoms with Gasteiger partial charge in [0.15, 0.2) is 0 Å². The minimum absolute atomic E-state index is 0.367. The standard InChI is InChI=1S/C13H19NO/c14-13(9-5-2-6-10-13)15-11-12-7-3-1-4-8-12/h1,3-4,7-8H,2,5-6,9-11,14H2. The van der Waals surface area contributed by atoms with E-state index < -0.39 is 0 Å². The van der Waals surface area contributed by atoms with Gasteiger partial charge in [-0.2, -0.15) is 0 Å². The Morgan fingerprint density at radius 3 is 2.40 bits per heavy atom. The maximum Gasteiger partial charge on any atom is 0.117 e. The first kappa shape index (κ1) is 10.7. The van der Waals surface area contributed by atoms with Crippen molar-refractivity contribution in [1.29, 1.82) is 0 Å². The summed E-state index contributed by atoms with van der Waals surface area (Å²) in [6.45, 7) is 0.636. The van der Waals surface area contributed by atoms with Crippen LogP contribution in [0.5, 0.6) is 0 Å². The molecule has 82 valence electrons. The molecule has 0 radical (unpaired) electrons. The van der Waals surface area contributed by atoms with Crippen molar-refractivity contribution in [1.82, 2.24) is 0 Å². The number of benzene rings is 1. The smallest absolute Gasteiger partial charge is 0.117 e. The highest BCUT2D eigenvalue weighted by Gasteiger charge is 2.27. The molecule has 1 aromatic rings. The van der Waals surface area contributed by atoms with E-state index in [2.05, 4.69) is 12.1 Å². The van der Waals surface area contributed by atoms with Gasteiger partial charge in [-0.1, -0.05) is 36.8 Å². The van der Waals surface area contributed by atoms with E-state index in [0.717, 1.165) is 12.8 Å². The minimum Gasteiger partial charge on any atom is -0.356 e. The van der Waals surface area contributed by atoms with Gasteiger partial charge in [0.05, 0.1) is 6.61 Å². The normalized spacial score (nSPS) is 20.1. The lowest BCUT2D eigenvalue weighted by molar-refractivity contribution is -0.0759. The molecule has 1 fully saturated rings. The summed E-state index contributed by atoms with van der Waals surface area (Å²) in [6.07, 6.45) is 5.70. The highest BCUT2D eigenvalue weighted by Crippen LogP contribution is 2.27. The summed E-state index contributed by atoms with van der Waals surface area (Å²) >= 11 is 0. The van der Waals surface area contributed by atoms with Gasteiger partial charge >= 0.3 is 0 Å². The van der Waals surface area contributed by atoms with E-state index in [0.29, 0.717) is 6.61 Å². The van der Waals surface area contributed by atoms with Crippen LogP contribution in [0.3, 0.4) is 0 Å². The Kier molecular flexibility index (Phi) is 3.39. The van der Waals surface area contributed by atoms with Crippen LogP contribution in [-0.2, 0) is 11.3 Å². The van der Waals surface area contributed by atoms with Crippen molar-refractivity contribution in [2.45, 2.75) is 44.4 Å². The number of rotatable bonds is 3. The van der Waals surface area contributed by atoms with Crippen molar-refractivity contribution in [3.8, 4) is 0 Å². The second-order valence-corrected chi connectivity index (χ2v) is 4.40. The van der Waals surface area contributed by atoms with Gasteiger partial charge in [0.25, 0.3) is 0 Å². The first-order valence-electron chi connectivity index (χ1n) is 5.75. The van der Waals surface area contributed by atoms with Crippen molar-refractivity contribution in [2.75, 3.05) is 0 Å². The van der Waals surface area contributed by atoms with E-state index in [1.165, 1.54) is 24.8 Å². The van der Waals surface area contributed by atoms with Gasteiger partial charge in [-0.05, 0) is 31.2 Å². The van der Waals surface area contributed by atoms with E-state index in [-0.39, 0.29) is 5.72 Å². The van der Waals surface area contributed by atoms with Crippen molar-refractivity contribution in [3.63, 3.8) is 0 Å². The molecule has 1 aromatic carbocycles. The second-order valence-electron chi connectivity index (χ2n) is 4.40. The van der Waals surface area contributed by atoms with Crippen LogP contribution in [0.1, 0.15) is 37.7 Å². The van der Waals surface area contributed by atoms with E-state index >= 15 is 0 Å². The molecule has 15 heavy (non-hydrogen) atoms. The lowest BCUT2D eigenvalue weighted by atomic mass is 9.92. The zero-order valence-electron chi connectivity index (χ0n) is 9.11. The Hall–Kier alpha value is -0.860. The highest BCUT2D eigenvalue weighted by atomic mass is 16.5. The molecule has 0 atom stereocenters. The molecule has 0 saturated heterocycles. The molecule has 2 nitrogen and oxygen atoms in total. The summed E-state index contributed by atoms with van der Waals surface area (Å²) in [5.41, 5.74) is 7.02. The second kappa shape index (κ2) is 4.77. The Morgan fingerprint density at radius 1 is 1.07 bits per heavy atom. The van der Waals surface area contributed by atoms with Gasteiger partial charge in [0, 0.05) is 0 Å². The van der Waals surface area contributed by atoms with Crippen LogP contribution in [-0.4, -0.2) is 5.72 Å². The molecule has 2 N–H and O–H groups in total. The lowest BCUT2D eigenvalue weighted by Crippen LogP contribution is -2.44. The summed E-state index contributed by atoms with van der Waals surface area (Å²) in [7, 11) is 0. The number of ether oxygens (including phenoxy) is 1. The van der Waals surface area contributed by atoms with Gasteiger partial charge in [-0.15, -0.1) is 0 Å².